The van der Waals surface area contributed by atoms with Gasteiger partial charge in [-0.3, -0.25) is 9.59 Å². The molecular weight excluding hydrogens is 352 g/mol. The van der Waals surface area contributed by atoms with Crippen molar-refractivity contribution >= 4 is 22.7 Å². The maximum atomic E-state index is 11.9. The van der Waals surface area contributed by atoms with Crippen molar-refractivity contribution in [2.75, 3.05) is 6.61 Å². The second kappa shape index (κ2) is 12.2. The highest BCUT2D eigenvalue weighted by molar-refractivity contribution is 5.83. The third-order valence-electron chi connectivity index (χ3n) is 5.00. The number of esters is 2. The fourth-order valence-corrected chi connectivity index (χ4v) is 3.12. The van der Waals surface area contributed by atoms with Crippen LogP contribution in [0.3, 0.4) is 0 Å². The first-order valence-corrected chi connectivity index (χ1v) is 10.4. The fourth-order valence-electron chi connectivity index (χ4n) is 3.12. The van der Waals surface area contributed by atoms with Crippen molar-refractivity contribution in [3.05, 3.63) is 48.0 Å². The van der Waals surface area contributed by atoms with E-state index in [1.807, 2.05) is 36.4 Å². The molecule has 2 aromatic carbocycles. The van der Waals surface area contributed by atoms with E-state index in [2.05, 4.69) is 19.9 Å². The summed E-state index contributed by atoms with van der Waals surface area (Å²) in [6, 6.07) is 14.1. The Kier molecular flexibility index (Phi) is 9.53. The molecule has 0 saturated carbocycles. The van der Waals surface area contributed by atoms with Gasteiger partial charge in [-0.2, -0.15) is 0 Å². The van der Waals surface area contributed by atoms with Gasteiger partial charge in [0.15, 0.2) is 0 Å². The number of unbranched alkanes of at least 4 members (excludes halogenated alkanes) is 1. The van der Waals surface area contributed by atoms with Crippen LogP contribution in [0.15, 0.2) is 42.5 Å². The average Bonchev–Trinajstić information content (AvgIpc) is 2.72. The zero-order chi connectivity index (χ0) is 20.2. The SMILES string of the molecule is CCCCC(CC)COC(=O)CCCC(=O)OCc1ccc2ccccc2c1. The predicted octanol–water partition coefficient (Wildman–Crippen LogP) is 5.81. The molecule has 0 aromatic heterocycles. The van der Waals surface area contributed by atoms with Gasteiger partial charge in [0.05, 0.1) is 6.61 Å². The van der Waals surface area contributed by atoms with Crippen LogP contribution in [0.25, 0.3) is 10.8 Å². The molecule has 4 nitrogen and oxygen atoms in total. The van der Waals surface area contributed by atoms with E-state index in [0.29, 0.717) is 18.9 Å². The standard InChI is InChI=1S/C24H32O4/c1-3-5-9-19(4-2)17-27-23(25)12-8-13-24(26)28-18-20-14-15-21-10-6-7-11-22(21)16-20/h6-7,10-11,14-16,19H,3-5,8-9,12-13,17-18H2,1-2H3. The fraction of sp³-hybridized carbons (Fsp3) is 0.500. The summed E-state index contributed by atoms with van der Waals surface area (Å²) in [5, 5.41) is 2.29. The monoisotopic (exact) mass is 384 g/mol. The maximum absolute atomic E-state index is 11.9. The van der Waals surface area contributed by atoms with Gasteiger partial charge >= 0.3 is 11.9 Å². The van der Waals surface area contributed by atoms with Gasteiger partial charge in [-0.25, -0.2) is 0 Å². The van der Waals surface area contributed by atoms with Gasteiger partial charge in [0.1, 0.15) is 6.61 Å². The number of carbonyl (C=O) groups excluding carboxylic acids is 2. The molecule has 0 bridgehead atoms. The first-order chi connectivity index (χ1) is 13.6. The second-order valence-electron chi connectivity index (χ2n) is 7.30. The number of benzene rings is 2. The van der Waals surface area contributed by atoms with Crippen molar-refractivity contribution in [2.24, 2.45) is 5.92 Å². The topological polar surface area (TPSA) is 52.6 Å². The molecule has 1 atom stereocenters. The lowest BCUT2D eigenvalue weighted by molar-refractivity contribution is -0.146. The molecule has 0 heterocycles. The molecule has 152 valence electrons. The van der Waals surface area contributed by atoms with Crippen molar-refractivity contribution in [1.29, 1.82) is 0 Å². The molecule has 0 radical (unpaired) electrons. The Labute approximate surface area is 168 Å². The molecule has 2 rings (SSSR count). The third-order valence-corrected chi connectivity index (χ3v) is 5.00. The predicted molar refractivity (Wildman–Crippen MR) is 112 cm³/mol. The first kappa shape index (κ1) is 21.9. The van der Waals surface area contributed by atoms with Crippen LogP contribution in [-0.2, 0) is 25.7 Å². The Balaban J connectivity index is 1.63. The van der Waals surface area contributed by atoms with Gasteiger partial charge in [-0.15, -0.1) is 0 Å². The summed E-state index contributed by atoms with van der Waals surface area (Å²) in [6.07, 6.45) is 5.40. The largest absolute Gasteiger partial charge is 0.465 e. The normalized spacial score (nSPS) is 11.9. The lowest BCUT2D eigenvalue weighted by Crippen LogP contribution is -2.14. The summed E-state index contributed by atoms with van der Waals surface area (Å²) >= 11 is 0. The molecule has 28 heavy (non-hydrogen) atoms. The molecule has 0 aliphatic carbocycles. The summed E-state index contributed by atoms with van der Waals surface area (Å²) in [6.45, 7) is 5.03. The summed E-state index contributed by atoms with van der Waals surface area (Å²) in [4.78, 5) is 23.8. The third kappa shape index (κ3) is 7.71. The Morgan fingerprint density at radius 1 is 0.893 bits per heavy atom. The van der Waals surface area contributed by atoms with E-state index >= 15 is 0 Å². The zero-order valence-electron chi connectivity index (χ0n) is 17.1. The molecule has 0 fully saturated rings. The van der Waals surface area contributed by atoms with Crippen LogP contribution in [0.5, 0.6) is 0 Å². The number of hydrogen-bond acceptors (Lipinski definition) is 4. The van der Waals surface area contributed by atoms with Crippen LogP contribution >= 0.6 is 0 Å². The molecule has 2 aromatic rings. The number of ether oxygens (including phenoxy) is 2. The molecule has 1 unspecified atom stereocenters. The van der Waals surface area contributed by atoms with Crippen LogP contribution in [0.1, 0.15) is 64.4 Å². The van der Waals surface area contributed by atoms with E-state index in [1.54, 1.807) is 0 Å². The first-order valence-electron chi connectivity index (χ1n) is 10.4. The van der Waals surface area contributed by atoms with Gasteiger partial charge in [0, 0.05) is 12.8 Å². The van der Waals surface area contributed by atoms with Crippen molar-refractivity contribution in [2.45, 2.75) is 65.4 Å². The molecule has 0 aliphatic heterocycles. The highest BCUT2D eigenvalue weighted by atomic mass is 16.5. The lowest BCUT2D eigenvalue weighted by Gasteiger charge is -2.14. The Hall–Kier alpha value is -2.36. The highest BCUT2D eigenvalue weighted by Gasteiger charge is 2.11. The van der Waals surface area contributed by atoms with Crippen LogP contribution in [-0.4, -0.2) is 18.5 Å². The molecule has 0 N–H and O–H groups in total. The van der Waals surface area contributed by atoms with Gasteiger partial charge in [0.25, 0.3) is 0 Å². The van der Waals surface area contributed by atoms with Gasteiger partial charge in [-0.1, -0.05) is 69.5 Å². The number of carbonyl (C=O) groups is 2. The van der Waals surface area contributed by atoms with E-state index in [1.165, 1.54) is 6.42 Å². The summed E-state index contributed by atoms with van der Waals surface area (Å²) in [5.41, 5.74) is 0.962. The van der Waals surface area contributed by atoms with Gasteiger partial charge in [-0.05, 0) is 41.2 Å². The molecule has 0 spiro atoms. The quantitative estimate of drug-likeness (QED) is 0.433. The molecular formula is C24H32O4. The maximum Gasteiger partial charge on any atom is 0.306 e. The van der Waals surface area contributed by atoms with Crippen molar-refractivity contribution in [3.8, 4) is 0 Å². The number of rotatable bonds is 12. The van der Waals surface area contributed by atoms with E-state index < -0.39 is 0 Å². The minimum atomic E-state index is -0.282. The average molecular weight is 385 g/mol. The minimum Gasteiger partial charge on any atom is -0.465 e. The molecule has 0 saturated heterocycles. The van der Waals surface area contributed by atoms with Crippen molar-refractivity contribution in [3.63, 3.8) is 0 Å². The van der Waals surface area contributed by atoms with Crippen LogP contribution in [0, 0.1) is 5.92 Å². The van der Waals surface area contributed by atoms with Crippen LogP contribution < -0.4 is 0 Å². The number of fused-ring (bicyclic) bond motifs is 1. The summed E-state index contributed by atoms with van der Waals surface area (Å²) < 4.78 is 10.7. The molecule has 0 aliphatic rings. The Bertz CT molecular complexity index is 753. The van der Waals surface area contributed by atoms with Gasteiger partial charge < -0.3 is 9.47 Å². The highest BCUT2D eigenvalue weighted by Crippen LogP contribution is 2.17. The Morgan fingerprint density at radius 2 is 1.61 bits per heavy atom. The van der Waals surface area contributed by atoms with E-state index in [9.17, 15) is 9.59 Å². The van der Waals surface area contributed by atoms with E-state index in [4.69, 9.17) is 9.47 Å². The van der Waals surface area contributed by atoms with Crippen molar-refractivity contribution in [1.82, 2.24) is 0 Å². The minimum absolute atomic E-state index is 0.225. The van der Waals surface area contributed by atoms with Crippen molar-refractivity contribution < 1.29 is 19.1 Å². The summed E-state index contributed by atoms with van der Waals surface area (Å²) in [5.74, 6) is -0.0663. The van der Waals surface area contributed by atoms with Crippen LogP contribution in [0.2, 0.25) is 0 Å². The molecule has 0 amide bonds. The second-order valence-corrected chi connectivity index (χ2v) is 7.30. The number of hydrogen-bond donors (Lipinski definition) is 0. The summed E-state index contributed by atoms with van der Waals surface area (Å²) in [7, 11) is 0. The lowest BCUT2D eigenvalue weighted by atomic mass is 10.0. The van der Waals surface area contributed by atoms with E-state index in [0.717, 1.165) is 35.6 Å². The van der Waals surface area contributed by atoms with Crippen LogP contribution in [0.4, 0.5) is 0 Å². The zero-order valence-corrected chi connectivity index (χ0v) is 17.1. The molecule has 4 heteroatoms. The Morgan fingerprint density at radius 3 is 2.32 bits per heavy atom. The van der Waals surface area contributed by atoms with Gasteiger partial charge in [0.2, 0.25) is 0 Å². The van der Waals surface area contributed by atoms with E-state index in [-0.39, 0.29) is 31.4 Å². The smallest absolute Gasteiger partial charge is 0.306 e.